The number of halogens is 2. The fraction of sp³-hybridized carbons (Fsp3) is 0.125. The molecule has 0 heterocycles. The molecule has 6 heteroatoms. The summed E-state index contributed by atoms with van der Waals surface area (Å²) in [5.74, 6) is -0.412. The van der Waals surface area contributed by atoms with E-state index in [1.165, 1.54) is 6.07 Å². The second kappa shape index (κ2) is 4.80. The minimum atomic E-state index is -0.398. The van der Waals surface area contributed by atoms with E-state index < -0.39 is 5.82 Å². The molecule has 0 aromatic heterocycles. The number of oxime groups is 1. The summed E-state index contributed by atoms with van der Waals surface area (Å²) in [5.41, 5.74) is 5.51. The highest BCUT2D eigenvalue weighted by atomic mass is 79.9. The molecule has 0 saturated carbocycles. The maximum atomic E-state index is 13.2. The van der Waals surface area contributed by atoms with Crippen molar-refractivity contribution in [2.45, 2.75) is 0 Å². The Labute approximate surface area is 88.7 Å². The van der Waals surface area contributed by atoms with E-state index >= 15 is 0 Å². The molecule has 0 aliphatic heterocycles. The van der Waals surface area contributed by atoms with Crippen LogP contribution < -0.4 is 11.1 Å². The van der Waals surface area contributed by atoms with E-state index in [0.29, 0.717) is 10.2 Å². The average Bonchev–Trinajstić information content (AvgIpc) is 2.16. The SMILES string of the molecule is N/C(CNc1c(F)cccc1Br)=N/O. The lowest BCUT2D eigenvalue weighted by atomic mass is 10.3. The third-order valence-electron chi connectivity index (χ3n) is 1.54. The third-order valence-corrected chi connectivity index (χ3v) is 2.20. The van der Waals surface area contributed by atoms with Gasteiger partial charge in [0.25, 0.3) is 0 Å². The van der Waals surface area contributed by atoms with Crippen molar-refractivity contribution in [3.05, 3.63) is 28.5 Å². The van der Waals surface area contributed by atoms with Crippen LogP contribution in [0.1, 0.15) is 0 Å². The monoisotopic (exact) mass is 261 g/mol. The molecule has 0 atom stereocenters. The first-order valence-corrected chi connectivity index (χ1v) is 4.58. The molecule has 0 bridgehead atoms. The summed E-state index contributed by atoms with van der Waals surface area (Å²) in [4.78, 5) is 0. The quantitative estimate of drug-likeness (QED) is 0.336. The topological polar surface area (TPSA) is 70.6 Å². The van der Waals surface area contributed by atoms with E-state index in [1.54, 1.807) is 12.1 Å². The zero-order chi connectivity index (χ0) is 10.6. The van der Waals surface area contributed by atoms with Crippen LogP contribution in [0.4, 0.5) is 10.1 Å². The lowest BCUT2D eigenvalue weighted by Gasteiger charge is -2.08. The molecule has 4 N–H and O–H groups in total. The van der Waals surface area contributed by atoms with Gasteiger partial charge in [0.15, 0.2) is 5.84 Å². The molecule has 14 heavy (non-hydrogen) atoms. The van der Waals surface area contributed by atoms with E-state index in [2.05, 4.69) is 26.4 Å². The van der Waals surface area contributed by atoms with Crippen molar-refractivity contribution in [1.82, 2.24) is 0 Å². The van der Waals surface area contributed by atoms with Gasteiger partial charge in [0.2, 0.25) is 0 Å². The minimum Gasteiger partial charge on any atom is -0.409 e. The first kappa shape index (κ1) is 10.8. The number of anilines is 1. The molecule has 1 rings (SSSR count). The molecule has 0 saturated heterocycles. The van der Waals surface area contributed by atoms with Crippen LogP contribution in [-0.2, 0) is 0 Å². The van der Waals surface area contributed by atoms with Crippen LogP contribution >= 0.6 is 15.9 Å². The normalized spacial score (nSPS) is 11.4. The van der Waals surface area contributed by atoms with Crippen molar-refractivity contribution in [1.29, 1.82) is 0 Å². The first-order chi connectivity index (χ1) is 6.65. The predicted molar refractivity (Wildman–Crippen MR) is 56.0 cm³/mol. The lowest BCUT2D eigenvalue weighted by Crippen LogP contribution is -2.23. The molecule has 0 aliphatic carbocycles. The van der Waals surface area contributed by atoms with Crippen LogP contribution in [-0.4, -0.2) is 17.6 Å². The van der Waals surface area contributed by atoms with Gasteiger partial charge in [-0.2, -0.15) is 0 Å². The van der Waals surface area contributed by atoms with Crippen molar-refractivity contribution >= 4 is 27.5 Å². The molecule has 0 spiro atoms. The number of hydrogen-bond acceptors (Lipinski definition) is 3. The number of benzene rings is 1. The smallest absolute Gasteiger partial charge is 0.158 e. The largest absolute Gasteiger partial charge is 0.409 e. The van der Waals surface area contributed by atoms with Crippen LogP contribution in [0.25, 0.3) is 0 Å². The number of nitrogens with zero attached hydrogens (tertiary/aromatic N) is 1. The molecule has 1 aromatic rings. The van der Waals surface area contributed by atoms with E-state index in [0.717, 1.165) is 0 Å². The number of para-hydroxylation sites is 1. The highest BCUT2D eigenvalue weighted by Gasteiger charge is 2.05. The Kier molecular flexibility index (Phi) is 3.70. The predicted octanol–water partition coefficient (Wildman–Crippen LogP) is 1.75. The minimum absolute atomic E-state index is 0.0137. The fourth-order valence-electron chi connectivity index (χ4n) is 0.881. The van der Waals surface area contributed by atoms with Crippen molar-refractivity contribution in [2.24, 2.45) is 10.9 Å². The average molecular weight is 262 g/mol. The summed E-state index contributed by atoms with van der Waals surface area (Å²) < 4.78 is 13.8. The number of amidine groups is 1. The second-order valence-corrected chi connectivity index (χ2v) is 3.40. The molecule has 1 aromatic carbocycles. The Balaban J connectivity index is 2.76. The summed E-state index contributed by atoms with van der Waals surface area (Å²) in [5, 5.41) is 13.7. The molecular formula is C8H9BrFN3O. The van der Waals surface area contributed by atoms with Crippen molar-refractivity contribution < 1.29 is 9.60 Å². The molecule has 0 radical (unpaired) electrons. The van der Waals surface area contributed by atoms with Crippen molar-refractivity contribution in [2.75, 3.05) is 11.9 Å². The molecular weight excluding hydrogens is 253 g/mol. The Morgan fingerprint density at radius 2 is 2.36 bits per heavy atom. The van der Waals surface area contributed by atoms with E-state index in [4.69, 9.17) is 10.9 Å². The highest BCUT2D eigenvalue weighted by molar-refractivity contribution is 9.10. The van der Waals surface area contributed by atoms with Crippen LogP contribution in [0, 0.1) is 5.82 Å². The first-order valence-electron chi connectivity index (χ1n) is 3.79. The van der Waals surface area contributed by atoms with Gasteiger partial charge in [-0.1, -0.05) is 11.2 Å². The van der Waals surface area contributed by atoms with Gasteiger partial charge < -0.3 is 16.3 Å². The second-order valence-electron chi connectivity index (χ2n) is 2.54. The Morgan fingerprint density at radius 1 is 1.64 bits per heavy atom. The van der Waals surface area contributed by atoms with Gasteiger partial charge in [0.1, 0.15) is 5.82 Å². The molecule has 4 nitrogen and oxygen atoms in total. The lowest BCUT2D eigenvalue weighted by molar-refractivity contribution is 0.317. The summed E-state index contributed by atoms with van der Waals surface area (Å²) >= 11 is 3.17. The maximum Gasteiger partial charge on any atom is 0.158 e. The molecule has 0 fully saturated rings. The van der Waals surface area contributed by atoms with Gasteiger partial charge in [-0.25, -0.2) is 4.39 Å². The third kappa shape index (κ3) is 2.59. The standard InChI is InChI=1S/C8H9BrFN3O/c9-5-2-1-3-6(10)8(5)12-4-7(11)13-14/h1-3,12,14H,4H2,(H2,11,13). The van der Waals surface area contributed by atoms with Gasteiger partial charge >= 0.3 is 0 Å². The van der Waals surface area contributed by atoms with E-state index in [1.807, 2.05) is 0 Å². The van der Waals surface area contributed by atoms with Crippen LogP contribution in [0.2, 0.25) is 0 Å². The Morgan fingerprint density at radius 3 is 2.93 bits per heavy atom. The van der Waals surface area contributed by atoms with Gasteiger partial charge in [0.05, 0.1) is 12.2 Å². The van der Waals surface area contributed by atoms with E-state index in [-0.39, 0.29) is 12.4 Å². The van der Waals surface area contributed by atoms with Gasteiger partial charge in [0, 0.05) is 4.47 Å². The molecule has 0 unspecified atom stereocenters. The zero-order valence-electron chi connectivity index (χ0n) is 7.17. The van der Waals surface area contributed by atoms with Gasteiger partial charge in [-0.15, -0.1) is 0 Å². The van der Waals surface area contributed by atoms with Gasteiger partial charge in [-0.05, 0) is 28.1 Å². The van der Waals surface area contributed by atoms with Gasteiger partial charge in [-0.3, -0.25) is 0 Å². The summed E-state index contributed by atoms with van der Waals surface area (Å²) in [6.07, 6.45) is 0. The number of hydrogen-bond donors (Lipinski definition) is 3. The van der Waals surface area contributed by atoms with Crippen molar-refractivity contribution in [3.63, 3.8) is 0 Å². The van der Waals surface area contributed by atoms with Crippen molar-refractivity contribution in [3.8, 4) is 0 Å². The summed E-state index contributed by atoms with van der Waals surface area (Å²) in [6, 6.07) is 4.59. The Hall–Kier alpha value is -1.30. The Bertz CT molecular complexity index is 336. The maximum absolute atomic E-state index is 13.2. The summed E-state index contributed by atoms with van der Waals surface area (Å²) in [7, 11) is 0. The molecule has 0 amide bonds. The number of rotatable bonds is 3. The number of nitrogens with two attached hydrogens (primary N) is 1. The van der Waals surface area contributed by atoms with E-state index in [9.17, 15) is 4.39 Å². The van der Waals surface area contributed by atoms with Crippen LogP contribution in [0.3, 0.4) is 0 Å². The number of nitrogens with one attached hydrogen (secondary N) is 1. The summed E-state index contributed by atoms with van der Waals surface area (Å²) in [6.45, 7) is 0.0794. The van der Waals surface area contributed by atoms with Crippen LogP contribution in [0.5, 0.6) is 0 Å². The van der Waals surface area contributed by atoms with Crippen LogP contribution in [0.15, 0.2) is 27.8 Å². The molecule has 76 valence electrons. The molecule has 0 aliphatic rings. The fourth-order valence-corrected chi connectivity index (χ4v) is 1.36. The zero-order valence-corrected chi connectivity index (χ0v) is 8.75. The highest BCUT2D eigenvalue weighted by Crippen LogP contribution is 2.24.